The topological polar surface area (TPSA) is 69.9 Å². The van der Waals surface area contributed by atoms with Crippen LogP contribution in [0.3, 0.4) is 0 Å². The first kappa shape index (κ1) is 19.9. The number of methoxy groups -OCH3 is 1. The van der Waals surface area contributed by atoms with Crippen LogP contribution in [0.2, 0.25) is 0 Å². The second-order valence-corrected chi connectivity index (χ2v) is 6.01. The average molecular weight is 366 g/mol. The fraction of sp³-hybridized carbons (Fsp3) is 0.556. The smallest absolute Gasteiger partial charge is 0.356 e. The minimum atomic E-state index is -2.61. The van der Waals surface area contributed by atoms with Crippen LogP contribution in [0.4, 0.5) is 8.78 Å². The Morgan fingerprint density at radius 3 is 2.46 bits per heavy atom. The lowest BCUT2D eigenvalue weighted by Crippen LogP contribution is -2.24. The Balaban J connectivity index is 0.00000117. The zero-order valence-electron chi connectivity index (χ0n) is 15.5. The molecule has 0 unspecified atom stereocenters. The summed E-state index contributed by atoms with van der Waals surface area (Å²) in [5.74, 6) is -2.98. The number of rotatable bonds is 3. The van der Waals surface area contributed by atoms with Crippen molar-refractivity contribution in [3.05, 3.63) is 30.0 Å². The third-order valence-electron chi connectivity index (χ3n) is 4.32. The highest BCUT2D eigenvalue weighted by Crippen LogP contribution is 2.40. The molecule has 0 aliphatic heterocycles. The molecular weight excluding hydrogens is 342 g/mol. The SMILES string of the molecule is CC.COC(=O)c1cc(C2CCC(F)(F)CC2)nc(-c2cncn2C)n1. The highest BCUT2D eigenvalue weighted by Gasteiger charge is 2.36. The minimum absolute atomic E-state index is 0.121. The van der Waals surface area contributed by atoms with Gasteiger partial charge in [0.1, 0.15) is 5.69 Å². The molecule has 0 saturated heterocycles. The number of hydrogen-bond donors (Lipinski definition) is 0. The van der Waals surface area contributed by atoms with Crippen molar-refractivity contribution < 1.29 is 18.3 Å². The van der Waals surface area contributed by atoms with Gasteiger partial charge >= 0.3 is 5.97 Å². The van der Waals surface area contributed by atoms with Crippen molar-refractivity contribution in [2.45, 2.75) is 51.4 Å². The maximum absolute atomic E-state index is 13.4. The van der Waals surface area contributed by atoms with Crippen LogP contribution in [-0.2, 0) is 11.8 Å². The van der Waals surface area contributed by atoms with E-state index in [0.29, 0.717) is 30.1 Å². The van der Waals surface area contributed by atoms with E-state index in [-0.39, 0.29) is 24.5 Å². The van der Waals surface area contributed by atoms with E-state index in [2.05, 4.69) is 15.0 Å². The summed E-state index contributed by atoms with van der Waals surface area (Å²) in [6.07, 6.45) is 3.51. The van der Waals surface area contributed by atoms with Crippen LogP contribution >= 0.6 is 0 Å². The summed E-state index contributed by atoms with van der Waals surface area (Å²) >= 11 is 0. The molecular formula is C18H24F2N4O2. The number of imidazole rings is 1. The van der Waals surface area contributed by atoms with Crippen molar-refractivity contribution in [3.63, 3.8) is 0 Å². The minimum Gasteiger partial charge on any atom is -0.464 e. The Morgan fingerprint density at radius 2 is 1.92 bits per heavy atom. The molecule has 2 aromatic heterocycles. The van der Waals surface area contributed by atoms with Gasteiger partial charge in [-0.25, -0.2) is 28.5 Å². The number of hydrogen-bond acceptors (Lipinski definition) is 5. The zero-order valence-corrected chi connectivity index (χ0v) is 15.5. The molecule has 142 valence electrons. The number of alkyl halides is 2. The fourth-order valence-corrected chi connectivity index (χ4v) is 2.91. The molecule has 0 aromatic carbocycles. The molecule has 1 saturated carbocycles. The molecule has 1 aliphatic carbocycles. The van der Waals surface area contributed by atoms with Crippen molar-refractivity contribution >= 4 is 5.97 Å². The molecule has 0 spiro atoms. The number of aryl methyl sites for hydroxylation is 1. The highest BCUT2D eigenvalue weighted by molar-refractivity contribution is 5.87. The van der Waals surface area contributed by atoms with Crippen molar-refractivity contribution in [1.29, 1.82) is 0 Å². The van der Waals surface area contributed by atoms with Gasteiger partial charge in [0.05, 0.1) is 19.6 Å². The maximum atomic E-state index is 13.4. The van der Waals surface area contributed by atoms with Gasteiger partial charge in [-0.15, -0.1) is 0 Å². The summed E-state index contributed by atoms with van der Waals surface area (Å²) in [5, 5.41) is 0. The lowest BCUT2D eigenvalue weighted by molar-refractivity contribution is -0.0385. The zero-order chi connectivity index (χ0) is 19.3. The van der Waals surface area contributed by atoms with Crippen molar-refractivity contribution in [2.75, 3.05) is 7.11 Å². The third-order valence-corrected chi connectivity index (χ3v) is 4.32. The van der Waals surface area contributed by atoms with Crippen molar-refractivity contribution in [2.24, 2.45) is 7.05 Å². The molecule has 0 bridgehead atoms. The lowest BCUT2D eigenvalue weighted by atomic mass is 9.84. The van der Waals surface area contributed by atoms with Crippen LogP contribution < -0.4 is 0 Å². The van der Waals surface area contributed by atoms with Crippen LogP contribution in [0.5, 0.6) is 0 Å². The lowest BCUT2D eigenvalue weighted by Gasteiger charge is -2.28. The van der Waals surface area contributed by atoms with E-state index in [9.17, 15) is 13.6 Å². The van der Waals surface area contributed by atoms with Gasteiger partial charge in [0.25, 0.3) is 0 Å². The number of nitrogens with zero attached hydrogens (tertiary/aromatic N) is 4. The highest BCUT2D eigenvalue weighted by atomic mass is 19.3. The van der Waals surface area contributed by atoms with Crippen LogP contribution in [0.1, 0.15) is 61.6 Å². The number of carbonyl (C=O) groups excluding carboxylic acids is 1. The van der Waals surface area contributed by atoms with E-state index in [0.717, 1.165) is 0 Å². The summed E-state index contributed by atoms with van der Waals surface area (Å²) in [4.78, 5) is 24.7. The largest absolute Gasteiger partial charge is 0.464 e. The predicted octanol–water partition coefficient (Wildman–Crippen LogP) is 3.98. The van der Waals surface area contributed by atoms with E-state index < -0.39 is 11.9 Å². The van der Waals surface area contributed by atoms with Crippen LogP contribution in [0, 0.1) is 0 Å². The van der Waals surface area contributed by atoms with E-state index >= 15 is 0 Å². The summed E-state index contributed by atoms with van der Waals surface area (Å²) in [7, 11) is 3.06. The number of esters is 1. The Labute approximate surface area is 151 Å². The second kappa shape index (κ2) is 8.33. The van der Waals surface area contributed by atoms with Crippen LogP contribution in [0.15, 0.2) is 18.6 Å². The van der Waals surface area contributed by atoms with E-state index in [4.69, 9.17) is 4.74 Å². The first-order valence-electron chi connectivity index (χ1n) is 8.71. The van der Waals surface area contributed by atoms with Gasteiger partial charge in [0.2, 0.25) is 5.92 Å². The first-order chi connectivity index (χ1) is 12.4. The number of halogens is 2. The molecule has 1 aliphatic rings. The second-order valence-electron chi connectivity index (χ2n) is 6.01. The summed E-state index contributed by atoms with van der Waals surface area (Å²) < 4.78 is 33.3. The molecule has 2 aromatic rings. The Kier molecular flexibility index (Phi) is 6.39. The van der Waals surface area contributed by atoms with Gasteiger partial charge in [-0.1, -0.05) is 13.8 Å². The maximum Gasteiger partial charge on any atom is 0.356 e. The molecule has 3 rings (SSSR count). The van der Waals surface area contributed by atoms with E-state index in [1.807, 2.05) is 13.8 Å². The fourth-order valence-electron chi connectivity index (χ4n) is 2.91. The number of ether oxygens (including phenoxy) is 1. The van der Waals surface area contributed by atoms with E-state index in [1.165, 1.54) is 7.11 Å². The van der Waals surface area contributed by atoms with Gasteiger partial charge in [0, 0.05) is 31.5 Å². The molecule has 0 amide bonds. The van der Waals surface area contributed by atoms with Gasteiger partial charge in [0.15, 0.2) is 11.5 Å². The van der Waals surface area contributed by atoms with Gasteiger partial charge in [-0.3, -0.25) is 0 Å². The number of aromatic nitrogens is 4. The monoisotopic (exact) mass is 366 g/mol. The van der Waals surface area contributed by atoms with Gasteiger partial charge < -0.3 is 9.30 Å². The Hall–Kier alpha value is -2.38. The van der Waals surface area contributed by atoms with Crippen molar-refractivity contribution in [3.8, 4) is 11.5 Å². The molecule has 0 atom stereocenters. The van der Waals surface area contributed by atoms with Gasteiger partial charge in [-0.05, 0) is 18.9 Å². The average Bonchev–Trinajstić information content (AvgIpc) is 3.08. The van der Waals surface area contributed by atoms with E-state index in [1.54, 1.807) is 30.2 Å². The predicted molar refractivity (Wildman–Crippen MR) is 93.1 cm³/mol. The van der Waals surface area contributed by atoms with Crippen LogP contribution in [0.25, 0.3) is 11.5 Å². The standard InChI is InChI=1S/C16H18F2N4O2.C2H6/c1-22-9-19-8-13(22)14-20-11(7-12(21-14)15(23)24-2)10-3-5-16(17,18)6-4-10;1-2/h7-10H,3-6H2,1-2H3;1-2H3. The molecule has 0 N–H and O–H groups in total. The molecule has 26 heavy (non-hydrogen) atoms. The quantitative estimate of drug-likeness (QED) is 0.769. The normalized spacial score (nSPS) is 16.5. The molecule has 6 nitrogen and oxygen atoms in total. The first-order valence-corrected chi connectivity index (χ1v) is 8.71. The Morgan fingerprint density at radius 1 is 1.27 bits per heavy atom. The Bertz CT molecular complexity index is 751. The third kappa shape index (κ3) is 4.42. The molecule has 8 heteroatoms. The van der Waals surface area contributed by atoms with Gasteiger partial charge in [-0.2, -0.15) is 0 Å². The number of carbonyl (C=O) groups is 1. The molecule has 0 radical (unpaired) electrons. The molecule has 1 fully saturated rings. The summed E-state index contributed by atoms with van der Waals surface area (Å²) in [6.45, 7) is 4.00. The van der Waals surface area contributed by atoms with Crippen molar-refractivity contribution in [1.82, 2.24) is 19.5 Å². The van der Waals surface area contributed by atoms with Crippen LogP contribution in [-0.4, -0.2) is 38.5 Å². The summed E-state index contributed by atoms with van der Waals surface area (Å²) in [6, 6.07) is 1.54. The molecule has 2 heterocycles. The summed E-state index contributed by atoms with van der Waals surface area (Å²) in [5.41, 5.74) is 1.36.